The first-order valence-electron chi connectivity index (χ1n) is 13.8. The van der Waals surface area contributed by atoms with Gasteiger partial charge in [-0.25, -0.2) is 9.48 Å². The maximum Gasteiger partial charge on any atom is 0.338 e. The maximum atomic E-state index is 13.5. The fraction of sp³-hybridized carbons (Fsp3) is 0.571. The molecule has 1 aromatic carbocycles. The summed E-state index contributed by atoms with van der Waals surface area (Å²) in [7, 11) is 0. The van der Waals surface area contributed by atoms with Gasteiger partial charge >= 0.3 is 5.97 Å². The van der Waals surface area contributed by atoms with E-state index in [1.807, 2.05) is 30.9 Å². The number of esters is 1. The molecule has 0 bridgehead atoms. The molecule has 204 valence electrons. The van der Waals surface area contributed by atoms with Gasteiger partial charge < -0.3 is 24.4 Å². The number of ether oxygens (including phenoxy) is 3. The molecule has 3 heterocycles. The normalized spacial score (nSPS) is 19.9. The second kappa shape index (κ2) is 11.9. The third kappa shape index (κ3) is 5.63. The highest BCUT2D eigenvalue weighted by atomic mass is 16.5. The monoisotopic (exact) mass is 523 g/mol. The number of anilines is 1. The number of nitrogens with one attached hydrogen (secondary N) is 1. The molecule has 5 rings (SSSR count). The van der Waals surface area contributed by atoms with Gasteiger partial charge in [0.15, 0.2) is 18.1 Å². The van der Waals surface area contributed by atoms with Crippen LogP contribution in [0.4, 0.5) is 5.95 Å². The van der Waals surface area contributed by atoms with Crippen LogP contribution in [0.2, 0.25) is 0 Å². The molecule has 10 heteroatoms. The highest BCUT2D eigenvalue weighted by Gasteiger charge is 2.36. The molecule has 1 amide bonds. The number of nitrogens with zero attached hydrogens (tertiary/aromatic N) is 4. The van der Waals surface area contributed by atoms with E-state index in [1.165, 1.54) is 12.7 Å². The van der Waals surface area contributed by atoms with Crippen molar-refractivity contribution in [1.29, 1.82) is 0 Å². The largest absolute Gasteiger partial charge is 0.490 e. The van der Waals surface area contributed by atoms with Crippen molar-refractivity contribution < 1.29 is 23.8 Å². The van der Waals surface area contributed by atoms with Crippen molar-refractivity contribution in [2.45, 2.75) is 77.4 Å². The predicted molar refractivity (Wildman–Crippen MR) is 141 cm³/mol. The van der Waals surface area contributed by atoms with Gasteiger partial charge in [-0.3, -0.25) is 4.79 Å². The Kier molecular flexibility index (Phi) is 8.14. The van der Waals surface area contributed by atoms with Crippen LogP contribution < -0.4 is 14.8 Å². The molecular weight excluding hydrogens is 486 g/mol. The third-order valence-electron chi connectivity index (χ3n) is 7.48. The van der Waals surface area contributed by atoms with Gasteiger partial charge in [0.2, 0.25) is 5.95 Å². The second-order valence-electron chi connectivity index (χ2n) is 10.1. The number of hydrogen-bond acceptors (Lipinski definition) is 8. The van der Waals surface area contributed by atoms with Gasteiger partial charge in [0.05, 0.1) is 12.2 Å². The van der Waals surface area contributed by atoms with Gasteiger partial charge in [0.1, 0.15) is 18.5 Å². The molecule has 1 N–H and O–H groups in total. The number of amides is 1. The van der Waals surface area contributed by atoms with Gasteiger partial charge in [-0.15, -0.1) is 0 Å². The van der Waals surface area contributed by atoms with E-state index in [2.05, 4.69) is 15.4 Å². The first-order chi connectivity index (χ1) is 18.5. The molecule has 2 fully saturated rings. The minimum Gasteiger partial charge on any atom is -0.490 e. The highest BCUT2D eigenvalue weighted by Crippen LogP contribution is 2.39. The lowest BCUT2D eigenvalue weighted by Crippen LogP contribution is -2.38. The van der Waals surface area contributed by atoms with Crippen LogP contribution in [0.1, 0.15) is 76.8 Å². The Labute approximate surface area is 223 Å². The molecule has 0 spiro atoms. The van der Waals surface area contributed by atoms with Crippen molar-refractivity contribution in [3.8, 4) is 11.5 Å². The second-order valence-corrected chi connectivity index (χ2v) is 10.1. The number of hydrogen-bond donors (Lipinski definition) is 1. The zero-order valence-corrected chi connectivity index (χ0v) is 22.3. The van der Waals surface area contributed by atoms with Crippen LogP contribution >= 0.6 is 0 Å². The Morgan fingerprint density at radius 2 is 1.79 bits per heavy atom. The van der Waals surface area contributed by atoms with E-state index in [1.54, 1.807) is 10.7 Å². The summed E-state index contributed by atoms with van der Waals surface area (Å²) in [6, 6.07) is 4.98. The first-order valence-corrected chi connectivity index (χ1v) is 13.8. The first kappa shape index (κ1) is 26.1. The van der Waals surface area contributed by atoms with Crippen LogP contribution in [-0.4, -0.2) is 63.9 Å². The van der Waals surface area contributed by atoms with Crippen LogP contribution in [0.5, 0.6) is 11.5 Å². The molecule has 1 atom stereocenters. The number of carbonyl (C=O) groups excluding carboxylic acids is 2. The minimum atomic E-state index is -0.548. The predicted octanol–water partition coefficient (Wildman–Crippen LogP) is 4.23. The van der Waals surface area contributed by atoms with Gasteiger partial charge in [0, 0.05) is 18.8 Å². The lowest BCUT2D eigenvalue weighted by molar-refractivity contribution is -0.146. The molecule has 1 aromatic heterocycles. The number of carbonyl (C=O) groups is 2. The molecule has 0 radical (unpaired) electrons. The topological polar surface area (TPSA) is 108 Å². The summed E-state index contributed by atoms with van der Waals surface area (Å²) >= 11 is 0. The molecule has 1 unspecified atom stereocenters. The zero-order chi connectivity index (χ0) is 26.5. The van der Waals surface area contributed by atoms with E-state index < -0.39 is 6.04 Å². The van der Waals surface area contributed by atoms with Crippen LogP contribution in [0, 0.1) is 0 Å². The van der Waals surface area contributed by atoms with E-state index >= 15 is 0 Å². The number of allylic oxidation sites excluding steroid dienone is 1. The van der Waals surface area contributed by atoms with E-state index in [4.69, 9.17) is 14.2 Å². The average molecular weight is 524 g/mol. The van der Waals surface area contributed by atoms with Crippen LogP contribution in [0.3, 0.4) is 0 Å². The number of aromatic nitrogens is 3. The number of likely N-dealkylation sites (tertiary alicyclic amines) is 1. The Bertz CT molecular complexity index is 1180. The Morgan fingerprint density at radius 1 is 1.03 bits per heavy atom. The third-order valence-corrected chi connectivity index (χ3v) is 7.48. The molecule has 1 saturated carbocycles. The van der Waals surface area contributed by atoms with E-state index in [9.17, 15) is 9.59 Å². The van der Waals surface area contributed by atoms with Crippen molar-refractivity contribution in [3.63, 3.8) is 0 Å². The quantitative estimate of drug-likeness (QED) is 0.512. The Morgan fingerprint density at radius 3 is 2.55 bits per heavy atom. The molecule has 1 aliphatic carbocycles. The van der Waals surface area contributed by atoms with Crippen LogP contribution in [0.25, 0.3) is 0 Å². The summed E-state index contributed by atoms with van der Waals surface area (Å²) in [5.41, 5.74) is 1.96. The summed E-state index contributed by atoms with van der Waals surface area (Å²) in [5, 5.41) is 7.61. The zero-order valence-electron chi connectivity index (χ0n) is 22.3. The number of piperidine rings is 1. The number of rotatable bonds is 8. The molecule has 38 heavy (non-hydrogen) atoms. The van der Waals surface area contributed by atoms with Crippen molar-refractivity contribution in [2.24, 2.45) is 0 Å². The molecule has 2 aliphatic heterocycles. The Hall–Kier alpha value is -3.56. The van der Waals surface area contributed by atoms with E-state index in [0.29, 0.717) is 35.3 Å². The molecule has 10 nitrogen and oxygen atoms in total. The average Bonchev–Trinajstić information content (AvgIpc) is 3.40. The lowest BCUT2D eigenvalue weighted by atomic mass is 9.94. The van der Waals surface area contributed by atoms with Crippen molar-refractivity contribution in [3.05, 3.63) is 41.4 Å². The van der Waals surface area contributed by atoms with Gasteiger partial charge in [-0.05, 0) is 76.5 Å². The van der Waals surface area contributed by atoms with E-state index in [0.717, 1.165) is 63.6 Å². The number of fused-ring (bicyclic) bond motifs is 1. The Balaban J connectivity index is 1.40. The SMILES string of the molecule is CCOc1cc(C2C(C(=O)OC3CCCCC3)=C(C)Nc3ncnn32)ccc1OCC(=O)N1CCCCC1. The summed E-state index contributed by atoms with van der Waals surface area (Å²) < 4.78 is 19.5. The summed E-state index contributed by atoms with van der Waals surface area (Å²) in [4.78, 5) is 32.4. The minimum absolute atomic E-state index is 0.0202. The maximum absolute atomic E-state index is 13.5. The van der Waals surface area contributed by atoms with Gasteiger partial charge in [-0.2, -0.15) is 10.1 Å². The standard InChI is InChI=1S/C28H37N5O5/c1-3-36-23-16-20(12-13-22(23)37-17-24(34)32-14-8-5-9-15-32)26-25(19(2)31-28-29-18-30-33(26)28)27(35)38-21-10-6-4-7-11-21/h12-13,16,18,21,26H,3-11,14-15,17H2,1-2H3,(H,29,30,31). The smallest absolute Gasteiger partial charge is 0.338 e. The van der Waals surface area contributed by atoms with Crippen molar-refractivity contribution in [1.82, 2.24) is 19.7 Å². The molecule has 3 aliphatic rings. The van der Waals surface area contributed by atoms with Crippen LogP contribution in [-0.2, 0) is 14.3 Å². The van der Waals surface area contributed by atoms with Gasteiger partial charge in [0.25, 0.3) is 5.91 Å². The molecule has 1 saturated heterocycles. The summed E-state index contributed by atoms with van der Waals surface area (Å²) in [5.74, 6) is 1.17. The summed E-state index contributed by atoms with van der Waals surface area (Å²) in [6.45, 7) is 5.69. The fourth-order valence-corrected chi connectivity index (χ4v) is 5.52. The van der Waals surface area contributed by atoms with E-state index in [-0.39, 0.29) is 24.6 Å². The molecule has 2 aromatic rings. The van der Waals surface area contributed by atoms with Gasteiger partial charge in [-0.1, -0.05) is 12.5 Å². The summed E-state index contributed by atoms with van der Waals surface area (Å²) in [6.07, 6.45) is 9.73. The fourth-order valence-electron chi connectivity index (χ4n) is 5.52. The van der Waals surface area contributed by atoms with Crippen LogP contribution in [0.15, 0.2) is 35.8 Å². The van der Waals surface area contributed by atoms with Crippen molar-refractivity contribution >= 4 is 17.8 Å². The highest BCUT2D eigenvalue weighted by molar-refractivity contribution is 5.92. The number of benzene rings is 1. The molecular formula is C28H37N5O5. The van der Waals surface area contributed by atoms with Crippen molar-refractivity contribution in [2.75, 3.05) is 31.6 Å². The lowest BCUT2D eigenvalue weighted by Gasteiger charge is -2.30.